The Hall–Kier alpha value is -3.39. The van der Waals surface area contributed by atoms with Crippen LogP contribution in [0.2, 0.25) is 5.02 Å². The van der Waals surface area contributed by atoms with Crippen molar-refractivity contribution in [3.05, 3.63) is 77.6 Å². The first-order valence-electron chi connectivity index (χ1n) is 9.86. The van der Waals surface area contributed by atoms with Crippen molar-refractivity contribution >= 4 is 29.1 Å². The first kappa shape index (κ1) is 20.9. The summed E-state index contributed by atoms with van der Waals surface area (Å²) in [5.41, 5.74) is 1.90. The average molecular weight is 442 g/mol. The number of piperazine rings is 1. The summed E-state index contributed by atoms with van der Waals surface area (Å²) in [4.78, 5) is 33.1. The van der Waals surface area contributed by atoms with Gasteiger partial charge in [0.05, 0.1) is 19.1 Å². The zero-order valence-corrected chi connectivity index (χ0v) is 17.4. The molecule has 2 heterocycles. The molecule has 0 radical (unpaired) electrons. The van der Waals surface area contributed by atoms with Crippen LogP contribution in [0.4, 0.5) is 10.1 Å². The standard InChI is InChI=1S/C22H21ClFN5O2/c23-16-2-1-3-19(12-16)27-8-10-28(11-9-27)21(30)14-26-22(31)20-13-25-15-29(20)18-6-4-17(24)5-7-18/h1-7,12-13,15H,8-11,14H2,(H,26,31). The molecule has 31 heavy (non-hydrogen) atoms. The third-order valence-corrected chi connectivity index (χ3v) is 5.42. The normalized spacial score (nSPS) is 13.9. The first-order chi connectivity index (χ1) is 15.0. The second kappa shape index (κ2) is 9.18. The molecule has 1 fully saturated rings. The van der Waals surface area contributed by atoms with Crippen LogP contribution in [-0.4, -0.2) is 59.0 Å². The van der Waals surface area contributed by atoms with Gasteiger partial charge in [-0.3, -0.25) is 14.2 Å². The molecule has 0 saturated carbocycles. The van der Waals surface area contributed by atoms with E-state index in [1.165, 1.54) is 24.7 Å². The Labute approximate surface area is 184 Å². The van der Waals surface area contributed by atoms with Crippen molar-refractivity contribution in [2.24, 2.45) is 0 Å². The third kappa shape index (κ3) is 4.86. The van der Waals surface area contributed by atoms with Gasteiger partial charge < -0.3 is 15.1 Å². The van der Waals surface area contributed by atoms with E-state index in [9.17, 15) is 14.0 Å². The van der Waals surface area contributed by atoms with Gasteiger partial charge in [0.15, 0.2) is 0 Å². The predicted octanol–water partition coefficient (Wildman–Crippen LogP) is 2.74. The smallest absolute Gasteiger partial charge is 0.270 e. The molecule has 0 atom stereocenters. The summed E-state index contributed by atoms with van der Waals surface area (Å²) in [6, 6.07) is 13.4. The second-order valence-electron chi connectivity index (χ2n) is 7.16. The lowest BCUT2D eigenvalue weighted by atomic mass is 10.2. The van der Waals surface area contributed by atoms with Crippen LogP contribution in [0.1, 0.15) is 10.5 Å². The number of imidazole rings is 1. The number of nitrogens with one attached hydrogen (secondary N) is 1. The van der Waals surface area contributed by atoms with Gasteiger partial charge in [-0.2, -0.15) is 0 Å². The lowest BCUT2D eigenvalue weighted by Crippen LogP contribution is -2.51. The summed E-state index contributed by atoms with van der Waals surface area (Å²) in [6.45, 7) is 2.41. The summed E-state index contributed by atoms with van der Waals surface area (Å²) in [7, 11) is 0. The zero-order valence-electron chi connectivity index (χ0n) is 16.7. The van der Waals surface area contributed by atoms with Crippen molar-refractivity contribution < 1.29 is 14.0 Å². The van der Waals surface area contributed by atoms with E-state index in [2.05, 4.69) is 15.2 Å². The predicted molar refractivity (Wildman–Crippen MR) is 116 cm³/mol. The van der Waals surface area contributed by atoms with Gasteiger partial charge in [-0.1, -0.05) is 17.7 Å². The molecule has 1 saturated heterocycles. The lowest BCUT2D eigenvalue weighted by molar-refractivity contribution is -0.130. The van der Waals surface area contributed by atoms with Gasteiger partial charge in [-0.05, 0) is 42.5 Å². The highest BCUT2D eigenvalue weighted by Gasteiger charge is 2.22. The molecule has 1 aromatic heterocycles. The monoisotopic (exact) mass is 441 g/mol. The van der Waals surface area contributed by atoms with Gasteiger partial charge in [0.1, 0.15) is 11.5 Å². The summed E-state index contributed by atoms with van der Waals surface area (Å²) in [6.07, 6.45) is 2.88. The van der Waals surface area contributed by atoms with Gasteiger partial charge in [-0.25, -0.2) is 9.37 Å². The highest BCUT2D eigenvalue weighted by Crippen LogP contribution is 2.20. The van der Waals surface area contributed by atoms with Crippen LogP contribution in [0.5, 0.6) is 0 Å². The number of anilines is 1. The Morgan fingerprint density at radius 1 is 1.03 bits per heavy atom. The largest absolute Gasteiger partial charge is 0.368 e. The van der Waals surface area contributed by atoms with Crippen LogP contribution in [0.3, 0.4) is 0 Å². The summed E-state index contributed by atoms with van der Waals surface area (Å²) in [5, 5.41) is 3.34. The molecule has 0 aliphatic carbocycles. The number of rotatable bonds is 5. The number of amides is 2. The highest BCUT2D eigenvalue weighted by molar-refractivity contribution is 6.30. The van der Waals surface area contributed by atoms with E-state index in [1.807, 2.05) is 24.3 Å². The molecule has 0 unspecified atom stereocenters. The van der Waals surface area contributed by atoms with Crippen molar-refractivity contribution in [1.29, 1.82) is 0 Å². The number of hydrogen-bond donors (Lipinski definition) is 1. The Morgan fingerprint density at radius 3 is 2.48 bits per heavy atom. The van der Waals surface area contributed by atoms with Gasteiger partial charge in [0, 0.05) is 42.6 Å². The van der Waals surface area contributed by atoms with E-state index in [4.69, 9.17) is 11.6 Å². The molecule has 3 aromatic rings. The molecule has 2 aromatic carbocycles. The fraction of sp³-hybridized carbons (Fsp3) is 0.227. The quantitative estimate of drug-likeness (QED) is 0.661. The minimum atomic E-state index is -0.423. The molecule has 0 spiro atoms. The van der Waals surface area contributed by atoms with Crippen LogP contribution in [0.25, 0.3) is 5.69 Å². The lowest BCUT2D eigenvalue weighted by Gasteiger charge is -2.36. The minimum Gasteiger partial charge on any atom is -0.368 e. The summed E-state index contributed by atoms with van der Waals surface area (Å²) >= 11 is 6.06. The van der Waals surface area contributed by atoms with Crippen LogP contribution < -0.4 is 10.2 Å². The number of nitrogens with zero attached hydrogens (tertiary/aromatic N) is 4. The summed E-state index contributed by atoms with van der Waals surface area (Å²) < 4.78 is 14.7. The Bertz CT molecular complexity index is 1080. The van der Waals surface area contributed by atoms with Gasteiger partial charge in [0.25, 0.3) is 5.91 Å². The Morgan fingerprint density at radius 2 is 1.77 bits per heavy atom. The number of halogens is 2. The molecule has 4 rings (SSSR count). The van der Waals surface area contributed by atoms with E-state index in [-0.39, 0.29) is 24.0 Å². The van der Waals surface area contributed by atoms with Crippen LogP contribution >= 0.6 is 11.6 Å². The number of aromatic nitrogens is 2. The van der Waals surface area contributed by atoms with Gasteiger partial charge >= 0.3 is 0 Å². The van der Waals surface area contributed by atoms with Gasteiger partial charge in [-0.15, -0.1) is 0 Å². The number of carbonyl (C=O) groups is 2. The van der Waals surface area contributed by atoms with E-state index in [1.54, 1.807) is 21.6 Å². The van der Waals surface area contributed by atoms with E-state index in [0.717, 1.165) is 5.69 Å². The molecule has 2 amide bonds. The van der Waals surface area contributed by atoms with Crippen molar-refractivity contribution in [1.82, 2.24) is 19.8 Å². The van der Waals surface area contributed by atoms with E-state index in [0.29, 0.717) is 36.9 Å². The molecular weight excluding hydrogens is 421 g/mol. The highest BCUT2D eigenvalue weighted by atomic mass is 35.5. The fourth-order valence-electron chi connectivity index (χ4n) is 3.52. The van der Waals surface area contributed by atoms with Crippen LogP contribution in [0.15, 0.2) is 61.1 Å². The van der Waals surface area contributed by atoms with E-state index < -0.39 is 5.91 Å². The number of benzene rings is 2. The van der Waals surface area contributed by atoms with Crippen molar-refractivity contribution in [3.63, 3.8) is 0 Å². The van der Waals surface area contributed by atoms with Crippen molar-refractivity contribution in [2.45, 2.75) is 0 Å². The first-order valence-corrected chi connectivity index (χ1v) is 10.2. The maximum absolute atomic E-state index is 13.2. The Kier molecular flexibility index (Phi) is 6.18. The molecule has 0 bridgehead atoms. The van der Waals surface area contributed by atoms with Crippen molar-refractivity contribution in [3.8, 4) is 5.69 Å². The summed E-state index contributed by atoms with van der Waals surface area (Å²) in [5.74, 6) is -0.935. The molecule has 1 aliphatic rings. The molecule has 7 nitrogen and oxygen atoms in total. The Balaban J connectivity index is 1.31. The van der Waals surface area contributed by atoms with Crippen molar-refractivity contribution in [2.75, 3.05) is 37.6 Å². The molecular formula is C22H21ClFN5O2. The van der Waals surface area contributed by atoms with Gasteiger partial charge in [0.2, 0.25) is 5.91 Å². The maximum atomic E-state index is 13.2. The van der Waals surface area contributed by atoms with Crippen LogP contribution in [0, 0.1) is 5.82 Å². The zero-order chi connectivity index (χ0) is 21.8. The number of carbonyl (C=O) groups excluding carboxylic acids is 2. The topological polar surface area (TPSA) is 70.5 Å². The average Bonchev–Trinajstić information content (AvgIpc) is 3.28. The molecule has 160 valence electrons. The second-order valence-corrected chi connectivity index (χ2v) is 7.59. The third-order valence-electron chi connectivity index (χ3n) is 5.18. The fourth-order valence-corrected chi connectivity index (χ4v) is 3.70. The van der Waals surface area contributed by atoms with Crippen LogP contribution in [-0.2, 0) is 4.79 Å². The molecule has 1 aliphatic heterocycles. The SMILES string of the molecule is O=C(NCC(=O)N1CCN(c2cccc(Cl)c2)CC1)c1cncn1-c1ccc(F)cc1. The minimum absolute atomic E-state index is 0.107. The number of hydrogen-bond acceptors (Lipinski definition) is 4. The molecule has 9 heteroatoms. The maximum Gasteiger partial charge on any atom is 0.270 e. The van der Waals surface area contributed by atoms with E-state index >= 15 is 0 Å². The molecule has 1 N–H and O–H groups in total.